The molecule has 7 aromatic rings. The monoisotopic (exact) mass is 776 g/mol. The lowest BCUT2D eigenvalue weighted by Gasteiger charge is -2.13. The fourth-order valence-electron chi connectivity index (χ4n) is 5.38. The van der Waals surface area contributed by atoms with E-state index in [-0.39, 0.29) is 18.3 Å². The lowest BCUT2D eigenvalue weighted by Crippen LogP contribution is -2.17. The molecule has 2 aromatic heterocycles. The number of rotatable bonds is 7. The van der Waals surface area contributed by atoms with Crippen LogP contribution in [0.4, 0.5) is 13.2 Å². The highest BCUT2D eigenvalue weighted by Crippen LogP contribution is 2.34. The molecule has 0 saturated carbocycles. The van der Waals surface area contributed by atoms with E-state index in [4.69, 9.17) is 4.74 Å². The Kier molecular flexibility index (Phi) is 9.97. The number of imidazole rings is 2. The zero-order chi connectivity index (χ0) is 34.5. The molecule has 7 rings (SSSR count). The zero-order valence-electron chi connectivity index (χ0n) is 25.9. The molecule has 0 spiro atoms. The summed E-state index contributed by atoms with van der Waals surface area (Å²) < 4.78 is 51.8. The SMILES string of the molecule is CCOC(=O)c1cc(I)c2c(c1)ncn2-c1ccccc1.OCc1cc(-c2cccc(OC(F)(F)F)c2)c2c(c1)ncn2-c1ccccc1. The second kappa shape index (κ2) is 14.5. The average molecular weight is 777 g/mol. The predicted molar refractivity (Wildman–Crippen MR) is 189 cm³/mol. The van der Waals surface area contributed by atoms with Gasteiger partial charge in [-0.15, -0.1) is 13.2 Å². The number of alkyl halides is 3. The van der Waals surface area contributed by atoms with E-state index in [0.717, 1.165) is 31.5 Å². The second-order valence-corrected chi connectivity index (χ2v) is 11.9. The predicted octanol–water partition coefficient (Wildman–Crippen LogP) is 8.89. The lowest BCUT2D eigenvalue weighted by molar-refractivity contribution is -0.274. The molecule has 0 aliphatic rings. The van der Waals surface area contributed by atoms with Gasteiger partial charge in [0.05, 0.1) is 40.8 Å². The largest absolute Gasteiger partial charge is 0.573 e. The number of carbonyl (C=O) groups excluding carboxylic acids is 1. The van der Waals surface area contributed by atoms with E-state index in [2.05, 4.69) is 37.3 Å². The van der Waals surface area contributed by atoms with Crippen LogP contribution in [0.25, 0.3) is 44.6 Å². The van der Waals surface area contributed by atoms with Crippen molar-refractivity contribution in [1.29, 1.82) is 0 Å². The molecule has 0 aliphatic carbocycles. The van der Waals surface area contributed by atoms with Gasteiger partial charge in [-0.25, -0.2) is 14.8 Å². The van der Waals surface area contributed by atoms with Gasteiger partial charge in [-0.05, 0) is 101 Å². The first-order valence-corrected chi connectivity index (χ1v) is 16.1. The number of halogens is 4. The third-order valence-electron chi connectivity index (χ3n) is 7.44. The topological polar surface area (TPSA) is 91.4 Å². The zero-order valence-corrected chi connectivity index (χ0v) is 28.1. The summed E-state index contributed by atoms with van der Waals surface area (Å²) in [5.41, 5.74) is 7.38. The minimum Gasteiger partial charge on any atom is -0.462 e. The van der Waals surface area contributed by atoms with Gasteiger partial charge in [0, 0.05) is 20.5 Å². The number of benzene rings is 5. The van der Waals surface area contributed by atoms with Gasteiger partial charge >= 0.3 is 12.3 Å². The highest BCUT2D eigenvalue weighted by atomic mass is 127. The third kappa shape index (κ3) is 7.60. The molecule has 0 aliphatic heterocycles. The molecule has 5 aromatic carbocycles. The molecule has 0 bridgehead atoms. The number of para-hydroxylation sites is 2. The van der Waals surface area contributed by atoms with Crippen molar-refractivity contribution in [3.63, 3.8) is 0 Å². The Balaban J connectivity index is 0.000000177. The summed E-state index contributed by atoms with van der Waals surface area (Å²) in [4.78, 5) is 20.7. The van der Waals surface area contributed by atoms with Crippen molar-refractivity contribution in [2.24, 2.45) is 0 Å². The van der Waals surface area contributed by atoms with Crippen molar-refractivity contribution >= 4 is 50.6 Å². The molecule has 0 fully saturated rings. The maximum absolute atomic E-state index is 12.6. The van der Waals surface area contributed by atoms with Crippen LogP contribution in [0.15, 0.2) is 122 Å². The third-order valence-corrected chi connectivity index (χ3v) is 8.26. The van der Waals surface area contributed by atoms with Crippen molar-refractivity contribution in [2.45, 2.75) is 19.9 Å². The molecule has 1 N–H and O–H groups in total. The van der Waals surface area contributed by atoms with Gasteiger partial charge in [-0.3, -0.25) is 9.13 Å². The smallest absolute Gasteiger partial charge is 0.462 e. The van der Waals surface area contributed by atoms with Crippen molar-refractivity contribution in [1.82, 2.24) is 19.1 Å². The van der Waals surface area contributed by atoms with Gasteiger partial charge in [0.15, 0.2) is 0 Å². The highest BCUT2D eigenvalue weighted by molar-refractivity contribution is 14.1. The van der Waals surface area contributed by atoms with E-state index < -0.39 is 6.36 Å². The van der Waals surface area contributed by atoms with E-state index in [1.807, 2.05) is 75.9 Å². The first-order valence-electron chi connectivity index (χ1n) is 15.1. The Bertz CT molecular complexity index is 2240. The number of hydrogen-bond acceptors (Lipinski definition) is 6. The number of aromatic nitrogens is 4. The first-order chi connectivity index (χ1) is 23.6. The fourth-order valence-corrected chi connectivity index (χ4v) is 6.25. The molecule has 0 saturated heterocycles. The Morgan fingerprint density at radius 3 is 2.00 bits per heavy atom. The molecule has 248 valence electrons. The van der Waals surface area contributed by atoms with Crippen LogP contribution in [0.1, 0.15) is 22.8 Å². The second-order valence-electron chi connectivity index (χ2n) is 10.7. The Morgan fingerprint density at radius 2 is 1.41 bits per heavy atom. The van der Waals surface area contributed by atoms with Crippen LogP contribution < -0.4 is 4.74 Å². The quantitative estimate of drug-likeness (QED) is 0.129. The summed E-state index contributed by atoms with van der Waals surface area (Å²) in [6, 6.07) is 32.4. The van der Waals surface area contributed by atoms with Gasteiger partial charge < -0.3 is 14.6 Å². The molecule has 0 amide bonds. The van der Waals surface area contributed by atoms with Gasteiger partial charge in [0.1, 0.15) is 18.4 Å². The van der Waals surface area contributed by atoms with Crippen LogP contribution >= 0.6 is 22.6 Å². The summed E-state index contributed by atoms with van der Waals surface area (Å²) in [5, 5.41) is 9.59. The molecule has 12 heteroatoms. The summed E-state index contributed by atoms with van der Waals surface area (Å²) in [6.07, 6.45) is -1.34. The van der Waals surface area contributed by atoms with Crippen LogP contribution in [0.2, 0.25) is 0 Å². The number of hydrogen-bond donors (Lipinski definition) is 1. The molecule has 0 radical (unpaired) electrons. The molecule has 0 unspecified atom stereocenters. The minimum absolute atomic E-state index is 0.208. The summed E-state index contributed by atoms with van der Waals surface area (Å²) in [7, 11) is 0. The number of ether oxygens (including phenoxy) is 2. The van der Waals surface area contributed by atoms with Crippen LogP contribution in [-0.2, 0) is 11.3 Å². The van der Waals surface area contributed by atoms with Crippen LogP contribution in [0.5, 0.6) is 5.75 Å². The van der Waals surface area contributed by atoms with E-state index in [1.54, 1.807) is 43.8 Å². The Hall–Kier alpha value is -5.21. The van der Waals surface area contributed by atoms with E-state index in [1.165, 1.54) is 18.2 Å². The number of aliphatic hydroxyl groups is 1. The summed E-state index contributed by atoms with van der Waals surface area (Å²) in [6.45, 7) is 1.96. The van der Waals surface area contributed by atoms with Crippen molar-refractivity contribution in [3.8, 4) is 28.3 Å². The molecule has 2 heterocycles. The maximum Gasteiger partial charge on any atom is 0.573 e. The molecule has 8 nitrogen and oxygen atoms in total. The van der Waals surface area contributed by atoms with Crippen LogP contribution in [0.3, 0.4) is 0 Å². The first kappa shape index (κ1) is 33.7. The number of nitrogens with zero attached hydrogens (tertiary/aromatic N) is 4. The normalized spacial score (nSPS) is 11.3. The molecular formula is C37H28F3IN4O4. The average Bonchev–Trinajstić information content (AvgIpc) is 3.74. The summed E-state index contributed by atoms with van der Waals surface area (Å²) >= 11 is 2.23. The van der Waals surface area contributed by atoms with Gasteiger partial charge in [0.2, 0.25) is 0 Å². The Morgan fingerprint density at radius 1 is 0.796 bits per heavy atom. The highest BCUT2D eigenvalue weighted by Gasteiger charge is 2.31. The number of aliphatic hydroxyl groups excluding tert-OH is 1. The van der Waals surface area contributed by atoms with Crippen molar-refractivity contribution < 1.29 is 32.5 Å². The minimum atomic E-state index is -4.77. The van der Waals surface area contributed by atoms with E-state index in [9.17, 15) is 23.1 Å². The van der Waals surface area contributed by atoms with Crippen LogP contribution in [0, 0.1) is 3.57 Å². The summed E-state index contributed by atoms with van der Waals surface area (Å²) in [5.74, 6) is -0.620. The van der Waals surface area contributed by atoms with E-state index >= 15 is 0 Å². The van der Waals surface area contributed by atoms with Crippen LogP contribution in [-0.4, -0.2) is 43.1 Å². The van der Waals surface area contributed by atoms with Gasteiger partial charge in [0.25, 0.3) is 0 Å². The number of carbonyl (C=O) groups is 1. The lowest BCUT2D eigenvalue weighted by atomic mass is 10.0. The van der Waals surface area contributed by atoms with Gasteiger partial charge in [-0.1, -0.05) is 48.5 Å². The molecule has 49 heavy (non-hydrogen) atoms. The molecule has 0 atom stereocenters. The van der Waals surface area contributed by atoms with Gasteiger partial charge in [-0.2, -0.15) is 0 Å². The van der Waals surface area contributed by atoms with E-state index in [0.29, 0.717) is 34.4 Å². The standard InChI is InChI=1S/C21H15F3N2O2.C16H13IN2O2/c22-21(23,24)28-17-8-4-5-15(11-17)18-9-14(12-27)10-19-20(18)26(13-25-19)16-6-2-1-3-7-16;1-2-21-16(20)11-8-13(17)15-14(9-11)18-10-19(15)12-6-4-3-5-7-12/h1-11,13,27H,12H2;3-10H,2H2,1H3. The number of fused-ring (bicyclic) bond motifs is 2. The Labute approximate surface area is 292 Å². The van der Waals surface area contributed by atoms with Crippen molar-refractivity contribution in [2.75, 3.05) is 6.61 Å². The molecular weight excluding hydrogens is 748 g/mol. The number of esters is 1. The van der Waals surface area contributed by atoms with Crippen molar-refractivity contribution in [3.05, 3.63) is 137 Å². The maximum atomic E-state index is 12.6. The fraction of sp³-hybridized carbons (Fsp3) is 0.108.